The molecule has 0 aromatic heterocycles. The van der Waals surface area contributed by atoms with E-state index in [1.165, 1.54) is 0 Å². The number of rotatable bonds is 7. The number of hydrogen-bond donors (Lipinski definition) is 3. The molecule has 0 spiro atoms. The van der Waals surface area contributed by atoms with Gasteiger partial charge in [0.15, 0.2) is 0 Å². The number of aliphatic hydroxyl groups excluding tert-OH is 1. The second-order valence-corrected chi connectivity index (χ2v) is 6.21. The van der Waals surface area contributed by atoms with Crippen molar-refractivity contribution in [3.63, 3.8) is 0 Å². The van der Waals surface area contributed by atoms with Crippen molar-refractivity contribution in [2.45, 2.75) is 12.8 Å². The van der Waals surface area contributed by atoms with Gasteiger partial charge in [0, 0.05) is 24.2 Å². The number of amides is 2. The summed E-state index contributed by atoms with van der Waals surface area (Å²) in [7, 11) is 0. The predicted molar refractivity (Wildman–Crippen MR) is 107 cm³/mol. The second kappa shape index (κ2) is 8.96. The number of fused-ring (bicyclic) bond motifs is 1. The van der Waals surface area contributed by atoms with E-state index in [9.17, 15) is 9.59 Å². The zero-order valence-corrected chi connectivity index (χ0v) is 14.9. The quantitative estimate of drug-likeness (QED) is 0.562. The highest BCUT2D eigenvalue weighted by molar-refractivity contribution is 6.14. The summed E-state index contributed by atoms with van der Waals surface area (Å²) in [6, 6.07) is 20.3. The summed E-state index contributed by atoms with van der Waals surface area (Å²) in [5, 5.41) is 16.5. The molecule has 0 unspecified atom stereocenters. The molecular formula is C22H22N2O3. The van der Waals surface area contributed by atoms with Crippen LogP contribution in [-0.2, 0) is 0 Å². The van der Waals surface area contributed by atoms with E-state index in [0.717, 1.165) is 10.8 Å². The van der Waals surface area contributed by atoms with E-state index in [4.69, 9.17) is 5.11 Å². The SMILES string of the molecule is O=C(NCCCCO)c1ccccc1C(=O)Nc1cccc2ccccc12. The minimum atomic E-state index is -0.326. The van der Waals surface area contributed by atoms with E-state index in [2.05, 4.69) is 10.6 Å². The Labute approximate surface area is 158 Å². The van der Waals surface area contributed by atoms with Crippen LogP contribution in [0.25, 0.3) is 10.8 Å². The summed E-state index contributed by atoms with van der Waals surface area (Å²) < 4.78 is 0. The number of unbranched alkanes of at least 4 members (excludes halogenated alkanes) is 1. The van der Waals surface area contributed by atoms with Gasteiger partial charge in [0.1, 0.15) is 0 Å². The zero-order chi connectivity index (χ0) is 19.1. The summed E-state index contributed by atoms with van der Waals surface area (Å²) in [6.07, 6.45) is 1.32. The van der Waals surface area contributed by atoms with Crippen LogP contribution in [-0.4, -0.2) is 30.1 Å². The van der Waals surface area contributed by atoms with Crippen LogP contribution in [0, 0.1) is 0 Å². The lowest BCUT2D eigenvalue weighted by molar-refractivity contribution is 0.0939. The molecule has 27 heavy (non-hydrogen) atoms. The second-order valence-electron chi connectivity index (χ2n) is 6.21. The van der Waals surface area contributed by atoms with Gasteiger partial charge in [-0.25, -0.2) is 0 Å². The molecule has 0 aliphatic heterocycles. The molecule has 0 radical (unpaired) electrons. The number of hydrogen-bond acceptors (Lipinski definition) is 3. The van der Waals surface area contributed by atoms with E-state index < -0.39 is 0 Å². The molecule has 3 rings (SSSR count). The van der Waals surface area contributed by atoms with E-state index in [1.54, 1.807) is 24.3 Å². The molecule has 3 N–H and O–H groups in total. The molecule has 2 amide bonds. The first kappa shape index (κ1) is 18.6. The highest BCUT2D eigenvalue weighted by Gasteiger charge is 2.17. The molecule has 0 atom stereocenters. The monoisotopic (exact) mass is 362 g/mol. The standard InChI is InChI=1S/C22H22N2O3/c25-15-6-5-14-23-21(26)18-11-3-4-12-19(18)22(27)24-20-13-7-9-16-8-1-2-10-17(16)20/h1-4,7-13,25H,5-6,14-15H2,(H,23,26)(H,24,27). The summed E-state index contributed by atoms with van der Waals surface area (Å²) in [4.78, 5) is 25.3. The first-order valence-electron chi connectivity index (χ1n) is 8.98. The summed E-state index contributed by atoms with van der Waals surface area (Å²) >= 11 is 0. The van der Waals surface area contributed by atoms with Crippen molar-refractivity contribution in [3.8, 4) is 0 Å². The Bertz CT molecular complexity index is 948. The molecule has 0 fully saturated rings. The summed E-state index contributed by atoms with van der Waals surface area (Å²) in [5.41, 5.74) is 1.36. The van der Waals surface area contributed by atoms with Crippen LogP contribution in [0.2, 0.25) is 0 Å². The average molecular weight is 362 g/mol. The predicted octanol–water partition coefficient (Wildman–Crippen LogP) is 3.59. The van der Waals surface area contributed by atoms with Gasteiger partial charge in [0.05, 0.1) is 11.1 Å². The molecule has 138 valence electrons. The Morgan fingerprint density at radius 3 is 2.22 bits per heavy atom. The third-order valence-corrected chi connectivity index (χ3v) is 4.32. The van der Waals surface area contributed by atoms with Crippen LogP contribution in [0.5, 0.6) is 0 Å². The molecule has 0 aliphatic rings. The molecule has 0 saturated heterocycles. The molecule has 5 nitrogen and oxygen atoms in total. The Morgan fingerprint density at radius 1 is 0.778 bits per heavy atom. The van der Waals surface area contributed by atoms with Crippen LogP contribution in [0.15, 0.2) is 66.7 Å². The number of carbonyl (C=O) groups is 2. The van der Waals surface area contributed by atoms with E-state index in [0.29, 0.717) is 36.2 Å². The molecule has 0 heterocycles. The Balaban J connectivity index is 1.80. The normalized spacial score (nSPS) is 10.6. The zero-order valence-electron chi connectivity index (χ0n) is 14.9. The summed E-state index contributed by atoms with van der Waals surface area (Å²) in [6.45, 7) is 0.554. The van der Waals surface area contributed by atoms with Crippen LogP contribution < -0.4 is 10.6 Å². The highest BCUT2D eigenvalue weighted by Crippen LogP contribution is 2.24. The van der Waals surface area contributed by atoms with Gasteiger partial charge >= 0.3 is 0 Å². The molecule has 0 saturated carbocycles. The van der Waals surface area contributed by atoms with Crippen LogP contribution in [0.4, 0.5) is 5.69 Å². The van der Waals surface area contributed by atoms with Gasteiger partial charge in [-0.05, 0) is 36.4 Å². The number of aliphatic hydroxyl groups is 1. The van der Waals surface area contributed by atoms with Gasteiger partial charge in [0.2, 0.25) is 0 Å². The first-order chi connectivity index (χ1) is 13.2. The minimum absolute atomic E-state index is 0.0971. The molecule has 0 aliphatic carbocycles. The maximum absolute atomic E-state index is 12.8. The lowest BCUT2D eigenvalue weighted by Crippen LogP contribution is -2.27. The lowest BCUT2D eigenvalue weighted by atomic mass is 10.0. The lowest BCUT2D eigenvalue weighted by Gasteiger charge is -2.12. The number of carbonyl (C=O) groups excluding carboxylic acids is 2. The Kier molecular flexibility index (Phi) is 6.18. The number of benzene rings is 3. The maximum atomic E-state index is 12.8. The fourth-order valence-electron chi connectivity index (χ4n) is 2.94. The van der Waals surface area contributed by atoms with Crippen molar-refractivity contribution in [2.24, 2.45) is 0 Å². The highest BCUT2D eigenvalue weighted by atomic mass is 16.3. The Morgan fingerprint density at radius 2 is 1.44 bits per heavy atom. The fraction of sp³-hybridized carbons (Fsp3) is 0.182. The van der Waals surface area contributed by atoms with Gasteiger partial charge in [0.25, 0.3) is 11.8 Å². The number of nitrogens with one attached hydrogen (secondary N) is 2. The van der Waals surface area contributed by atoms with Gasteiger partial charge in [-0.3, -0.25) is 9.59 Å². The molecule has 3 aromatic carbocycles. The topological polar surface area (TPSA) is 78.4 Å². The van der Waals surface area contributed by atoms with Crippen molar-refractivity contribution in [2.75, 3.05) is 18.5 Å². The maximum Gasteiger partial charge on any atom is 0.256 e. The smallest absolute Gasteiger partial charge is 0.256 e. The third-order valence-electron chi connectivity index (χ3n) is 4.32. The van der Waals surface area contributed by atoms with Gasteiger partial charge in [-0.2, -0.15) is 0 Å². The van der Waals surface area contributed by atoms with Crippen LogP contribution in [0.3, 0.4) is 0 Å². The Hall–Kier alpha value is -3.18. The van der Waals surface area contributed by atoms with Gasteiger partial charge in [-0.15, -0.1) is 0 Å². The first-order valence-corrected chi connectivity index (χ1v) is 8.98. The summed E-state index contributed by atoms with van der Waals surface area (Å²) in [5.74, 6) is -0.621. The third kappa shape index (κ3) is 4.51. The van der Waals surface area contributed by atoms with Crippen molar-refractivity contribution in [1.29, 1.82) is 0 Å². The molecule has 5 heteroatoms. The molecule has 0 bridgehead atoms. The van der Waals surface area contributed by atoms with E-state index in [-0.39, 0.29) is 18.4 Å². The van der Waals surface area contributed by atoms with Crippen LogP contribution >= 0.6 is 0 Å². The van der Waals surface area contributed by atoms with Crippen molar-refractivity contribution >= 4 is 28.3 Å². The fourth-order valence-corrected chi connectivity index (χ4v) is 2.94. The minimum Gasteiger partial charge on any atom is -0.396 e. The molecular weight excluding hydrogens is 340 g/mol. The van der Waals surface area contributed by atoms with Gasteiger partial charge in [-0.1, -0.05) is 48.5 Å². The molecule has 3 aromatic rings. The van der Waals surface area contributed by atoms with Gasteiger partial charge < -0.3 is 15.7 Å². The largest absolute Gasteiger partial charge is 0.396 e. The van der Waals surface area contributed by atoms with Crippen molar-refractivity contribution < 1.29 is 14.7 Å². The van der Waals surface area contributed by atoms with Crippen molar-refractivity contribution in [1.82, 2.24) is 5.32 Å². The number of anilines is 1. The van der Waals surface area contributed by atoms with Crippen molar-refractivity contribution in [3.05, 3.63) is 77.9 Å². The average Bonchev–Trinajstić information content (AvgIpc) is 2.71. The van der Waals surface area contributed by atoms with Crippen LogP contribution in [0.1, 0.15) is 33.6 Å². The van der Waals surface area contributed by atoms with E-state index in [1.807, 2.05) is 42.5 Å². The van der Waals surface area contributed by atoms with E-state index >= 15 is 0 Å².